The predicted octanol–water partition coefficient (Wildman–Crippen LogP) is 1.30. The molecule has 1 aromatic carbocycles. The molecule has 2 heterocycles. The summed E-state index contributed by atoms with van der Waals surface area (Å²) in [5.74, 6) is 0. The van der Waals surface area contributed by atoms with Crippen molar-refractivity contribution in [3.05, 3.63) is 58.8 Å². The molecule has 0 unspecified atom stereocenters. The Hall–Kier alpha value is -2.47. The normalized spacial score (nSPS) is 11.4. The van der Waals surface area contributed by atoms with E-state index in [0.717, 1.165) is 19.5 Å². The summed E-state index contributed by atoms with van der Waals surface area (Å²) in [6.45, 7) is 2.37. The maximum atomic E-state index is 12.4. The standard InChI is InChI=1S/C17H21N5O/c1-20(9-8-14-6-4-3-5-7-14)10-11-22-13-18-15-12-21(2)19-16(15)17(22)23/h3-7,12-13H,8-11H2,1-2H3. The van der Waals surface area contributed by atoms with E-state index in [-0.39, 0.29) is 5.56 Å². The molecule has 0 fully saturated rings. The van der Waals surface area contributed by atoms with Crippen molar-refractivity contribution >= 4 is 11.0 Å². The van der Waals surface area contributed by atoms with Gasteiger partial charge in [0.25, 0.3) is 5.56 Å². The number of hydrogen-bond donors (Lipinski definition) is 0. The third-order valence-electron chi connectivity index (χ3n) is 3.96. The van der Waals surface area contributed by atoms with E-state index in [1.165, 1.54) is 5.56 Å². The highest BCUT2D eigenvalue weighted by molar-refractivity contribution is 5.71. The van der Waals surface area contributed by atoms with Crippen LogP contribution in [-0.2, 0) is 20.0 Å². The molecule has 0 saturated heterocycles. The molecule has 0 saturated carbocycles. The average Bonchev–Trinajstić information content (AvgIpc) is 2.95. The first kappa shape index (κ1) is 15.4. The lowest BCUT2D eigenvalue weighted by Crippen LogP contribution is -2.30. The monoisotopic (exact) mass is 311 g/mol. The average molecular weight is 311 g/mol. The minimum atomic E-state index is -0.0768. The number of fused-ring (bicyclic) bond motifs is 1. The number of nitrogens with zero attached hydrogens (tertiary/aromatic N) is 5. The summed E-state index contributed by atoms with van der Waals surface area (Å²) in [6.07, 6.45) is 4.37. The van der Waals surface area contributed by atoms with Crippen molar-refractivity contribution in [1.82, 2.24) is 24.2 Å². The minimum absolute atomic E-state index is 0.0768. The van der Waals surface area contributed by atoms with Crippen LogP contribution in [0.5, 0.6) is 0 Å². The van der Waals surface area contributed by atoms with E-state index in [1.54, 1.807) is 28.8 Å². The summed E-state index contributed by atoms with van der Waals surface area (Å²) in [5.41, 5.74) is 2.33. The molecule has 6 heteroatoms. The van der Waals surface area contributed by atoms with Gasteiger partial charge in [0.05, 0.1) is 12.5 Å². The third kappa shape index (κ3) is 3.65. The number of likely N-dealkylation sites (N-methyl/N-ethyl adjacent to an activating group) is 1. The topological polar surface area (TPSA) is 56.0 Å². The van der Waals surface area contributed by atoms with E-state index < -0.39 is 0 Å². The van der Waals surface area contributed by atoms with Crippen molar-refractivity contribution in [3.63, 3.8) is 0 Å². The van der Waals surface area contributed by atoms with Crippen LogP contribution in [0.3, 0.4) is 0 Å². The maximum Gasteiger partial charge on any atom is 0.281 e. The molecule has 2 aromatic heterocycles. The Labute approximate surface area is 135 Å². The summed E-state index contributed by atoms with van der Waals surface area (Å²) in [6, 6.07) is 10.4. The van der Waals surface area contributed by atoms with Crippen LogP contribution >= 0.6 is 0 Å². The molecule has 0 bridgehead atoms. The summed E-state index contributed by atoms with van der Waals surface area (Å²) < 4.78 is 3.25. The lowest BCUT2D eigenvalue weighted by atomic mass is 10.1. The molecule has 120 valence electrons. The van der Waals surface area contributed by atoms with Gasteiger partial charge in [-0.1, -0.05) is 30.3 Å². The van der Waals surface area contributed by atoms with Crippen LogP contribution in [0.2, 0.25) is 0 Å². The number of aromatic nitrogens is 4. The molecule has 3 aromatic rings. The van der Waals surface area contributed by atoms with E-state index in [0.29, 0.717) is 17.6 Å². The van der Waals surface area contributed by atoms with Crippen LogP contribution < -0.4 is 5.56 Å². The van der Waals surface area contributed by atoms with E-state index in [9.17, 15) is 4.79 Å². The molecule has 0 atom stereocenters. The Morgan fingerprint density at radius 1 is 1.17 bits per heavy atom. The van der Waals surface area contributed by atoms with Gasteiger partial charge in [0.1, 0.15) is 5.52 Å². The largest absolute Gasteiger partial charge is 0.304 e. The number of rotatable bonds is 6. The fraction of sp³-hybridized carbons (Fsp3) is 0.353. The molecule has 23 heavy (non-hydrogen) atoms. The van der Waals surface area contributed by atoms with Gasteiger partial charge < -0.3 is 4.90 Å². The van der Waals surface area contributed by atoms with Crippen molar-refractivity contribution in [2.24, 2.45) is 7.05 Å². The van der Waals surface area contributed by atoms with Crippen LogP contribution in [0.4, 0.5) is 0 Å². The van der Waals surface area contributed by atoms with E-state index in [1.807, 2.05) is 6.07 Å². The van der Waals surface area contributed by atoms with Gasteiger partial charge in [-0.3, -0.25) is 14.0 Å². The van der Waals surface area contributed by atoms with Gasteiger partial charge in [0.15, 0.2) is 5.52 Å². The molecule has 0 N–H and O–H groups in total. The van der Waals surface area contributed by atoms with Crippen molar-refractivity contribution in [3.8, 4) is 0 Å². The molecule has 0 aliphatic rings. The number of aryl methyl sites for hydroxylation is 1. The molecule has 6 nitrogen and oxygen atoms in total. The first-order chi connectivity index (χ1) is 11.1. The third-order valence-corrected chi connectivity index (χ3v) is 3.96. The fourth-order valence-electron chi connectivity index (χ4n) is 2.56. The summed E-state index contributed by atoms with van der Waals surface area (Å²) in [5, 5.41) is 4.18. The van der Waals surface area contributed by atoms with Crippen LogP contribution in [-0.4, -0.2) is 44.4 Å². The Bertz CT molecular complexity index is 837. The van der Waals surface area contributed by atoms with Gasteiger partial charge in [-0.05, 0) is 19.0 Å². The van der Waals surface area contributed by atoms with Crippen molar-refractivity contribution in [2.45, 2.75) is 13.0 Å². The highest BCUT2D eigenvalue weighted by atomic mass is 16.1. The zero-order valence-corrected chi connectivity index (χ0v) is 13.5. The van der Waals surface area contributed by atoms with Crippen molar-refractivity contribution in [1.29, 1.82) is 0 Å². The molecular formula is C17H21N5O. The molecular weight excluding hydrogens is 290 g/mol. The SMILES string of the molecule is CN(CCc1ccccc1)CCn1cnc2cn(C)nc2c1=O. The molecule has 3 rings (SSSR count). The zero-order chi connectivity index (χ0) is 16.2. The Kier molecular flexibility index (Phi) is 4.52. The van der Waals surface area contributed by atoms with Gasteiger partial charge in [0, 0.05) is 26.7 Å². The first-order valence-corrected chi connectivity index (χ1v) is 7.75. The predicted molar refractivity (Wildman–Crippen MR) is 90.4 cm³/mol. The Balaban J connectivity index is 1.59. The quantitative estimate of drug-likeness (QED) is 0.689. The molecule has 0 radical (unpaired) electrons. The fourth-order valence-corrected chi connectivity index (χ4v) is 2.56. The van der Waals surface area contributed by atoms with Crippen LogP contribution in [0.25, 0.3) is 11.0 Å². The first-order valence-electron chi connectivity index (χ1n) is 7.75. The lowest BCUT2D eigenvalue weighted by Gasteiger charge is -2.17. The highest BCUT2D eigenvalue weighted by Gasteiger charge is 2.08. The zero-order valence-electron chi connectivity index (χ0n) is 13.5. The van der Waals surface area contributed by atoms with Crippen LogP contribution in [0, 0.1) is 0 Å². The maximum absolute atomic E-state index is 12.4. The number of hydrogen-bond acceptors (Lipinski definition) is 4. The van der Waals surface area contributed by atoms with E-state index in [2.05, 4.69) is 46.3 Å². The summed E-state index contributed by atoms with van der Waals surface area (Å²) in [7, 11) is 3.86. The van der Waals surface area contributed by atoms with Crippen LogP contribution in [0.15, 0.2) is 47.7 Å². The summed E-state index contributed by atoms with van der Waals surface area (Å²) in [4.78, 5) is 18.9. The van der Waals surface area contributed by atoms with Gasteiger partial charge in [-0.15, -0.1) is 0 Å². The molecule has 0 aliphatic carbocycles. The smallest absolute Gasteiger partial charge is 0.281 e. The van der Waals surface area contributed by atoms with E-state index in [4.69, 9.17) is 0 Å². The van der Waals surface area contributed by atoms with Crippen molar-refractivity contribution < 1.29 is 0 Å². The highest BCUT2D eigenvalue weighted by Crippen LogP contribution is 2.03. The second kappa shape index (κ2) is 6.75. The van der Waals surface area contributed by atoms with Crippen molar-refractivity contribution in [2.75, 3.05) is 20.1 Å². The lowest BCUT2D eigenvalue weighted by molar-refractivity contribution is 0.320. The van der Waals surface area contributed by atoms with Gasteiger partial charge in [0.2, 0.25) is 0 Å². The van der Waals surface area contributed by atoms with Gasteiger partial charge in [-0.25, -0.2) is 4.98 Å². The second-order valence-electron chi connectivity index (χ2n) is 5.82. The Morgan fingerprint density at radius 3 is 2.74 bits per heavy atom. The van der Waals surface area contributed by atoms with E-state index >= 15 is 0 Å². The molecule has 0 amide bonds. The summed E-state index contributed by atoms with van der Waals surface area (Å²) >= 11 is 0. The van der Waals surface area contributed by atoms with Gasteiger partial charge in [-0.2, -0.15) is 5.10 Å². The van der Waals surface area contributed by atoms with Gasteiger partial charge >= 0.3 is 0 Å². The van der Waals surface area contributed by atoms with Crippen LogP contribution in [0.1, 0.15) is 5.56 Å². The Morgan fingerprint density at radius 2 is 1.96 bits per heavy atom. The number of benzene rings is 1. The second-order valence-corrected chi connectivity index (χ2v) is 5.82. The minimum Gasteiger partial charge on any atom is -0.304 e. The molecule has 0 aliphatic heterocycles. The molecule has 0 spiro atoms.